The van der Waals surface area contributed by atoms with Crippen LogP contribution >= 0.6 is 0 Å². The summed E-state index contributed by atoms with van der Waals surface area (Å²) in [5.74, 6) is -0.0250. The molecule has 2 rings (SSSR count). The van der Waals surface area contributed by atoms with Crippen molar-refractivity contribution in [2.45, 2.75) is 20.3 Å². The number of rotatable bonds is 6. The maximum atomic E-state index is 12.0. The van der Waals surface area contributed by atoms with E-state index in [1.54, 1.807) is 0 Å². The summed E-state index contributed by atoms with van der Waals surface area (Å²) in [6, 6.07) is 12.2. The summed E-state index contributed by atoms with van der Waals surface area (Å²) in [4.78, 5) is 17.3. The maximum absolute atomic E-state index is 12.0. The van der Waals surface area contributed by atoms with Crippen LogP contribution in [0, 0.1) is 13.8 Å². The van der Waals surface area contributed by atoms with Gasteiger partial charge in [0, 0.05) is 31.5 Å². The first kappa shape index (κ1) is 15.2. The molecular weight excluding hydrogens is 262 g/mol. The van der Waals surface area contributed by atoms with E-state index in [1.807, 2.05) is 38.1 Å². The van der Waals surface area contributed by atoms with E-state index in [2.05, 4.69) is 34.4 Å². The minimum absolute atomic E-state index is 0.0250. The summed E-state index contributed by atoms with van der Waals surface area (Å²) in [7, 11) is 2.07. The molecule has 0 aliphatic rings. The molecular formula is C17H23N3O. The zero-order valence-electron chi connectivity index (χ0n) is 12.9. The van der Waals surface area contributed by atoms with Gasteiger partial charge in [-0.1, -0.05) is 18.2 Å². The van der Waals surface area contributed by atoms with Crippen LogP contribution in [0.3, 0.4) is 0 Å². The van der Waals surface area contributed by atoms with Gasteiger partial charge in [-0.15, -0.1) is 0 Å². The van der Waals surface area contributed by atoms with Gasteiger partial charge in [0.2, 0.25) is 0 Å². The van der Waals surface area contributed by atoms with E-state index in [0.29, 0.717) is 12.2 Å². The quantitative estimate of drug-likeness (QED) is 0.802. The number of hydrogen-bond donors (Lipinski definition) is 2. The SMILES string of the molecule is Cc1cc(C)c(C(=O)NCCCN(C)c2ccccc2)[nH]1. The lowest BCUT2D eigenvalue weighted by atomic mass is 10.2. The lowest BCUT2D eigenvalue weighted by Gasteiger charge is -2.19. The van der Waals surface area contributed by atoms with Gasteiger partial charge in [0.05, 0.1) is 0 Å². The number of carbonyl (C=O) groups is 1. The third-order valence-electron chi connectivity index (χ3n) is 3.53. The largest absolute Gasteiger partial charge is 0.375 e. The Morgan fingerprint density at radius 3 is 2.57 bits per heavy atom. The number of anilines is 1. The molecule has 1 aromatic heterocycles. The number of carbonyl (C=O) groups excluding carboxylic acids is 1. The van der Waals surface area contributed by atoms with E-state index in [1.165, 1.54) is 5.69 Å². The Bertz CT molecular complexity index is 589. The molecule has 1 amide bonds. The molecule has 2 aromatic rings. The first-order valence-electron chi connectivity index (χ1n) is 7.28. The van der Waals surface area contributed by atoms with Crippen molar-refractivity contribution in [2.75, 3.05) is 25.0 Å². The second-order valence-electron chi connectivity index (χ2n) is 5.38. The molecule has 1 aromatic carbocycles. The van der Waals surface area contributed by atoms with Crippen molar-refractivity contribution in [2.24, 2.45) is 0 Å². The number of H-pyrrole nitrogens is 1. The Labute approximate surface area is 126 Å². The van der Waals surface area contributed by atoms with Crippen LogP contribution in [0.4, 0.5) is 5.69 Å². The van der Waals surface area contributed by atoms with E-state index in [-0.39, 0.29) is 5.91 Å². The molecule has 0 radical (unpaired) electrons. The monoisotopic (exact) mass is 285 g/mol. The third-order valence-corrected chi connectivity index (χ3v) is 3.53. The van der Waals surface area contributed by atoms with Crippen molar-refractivity contribution in [3.05, 3.63) is 53.3 Å². The average molecular weight is 285 g/mol. The van der Waals surface area contributed by atoms with E-state index in [0.717, 1.165) is 24.2 Å². The van der Waals surface area contributed by atoms with Gasteiger partial charge < -0.3 is 15.2 Å². The molecule has 0 bridgehead atoms. The number of aromatic amines is 1. The summed E-state index contributed by atoms with van der Waals surface area (Å²) < 4.78 is 0. The van der Waals surface area contributed by atoms with Crippen LogP contribution in [-0.4, -0.2) is 31.0 Å². The zero-order chi connectivity index (χ0) is 15.2. The first-order valence-corrected chi connectivity index (χ1v) is 7.28. The fourth-order valence-corrected chi connectivity index (χ4v) is 2.38. The zero-order valence-corrected chi connectivity index (χ0v) is 12.9. The van der Waals surface area contributed by atoms with Gasteiger partial charge in [-0.25, -0.2) is 0 Å². The fourth-order valence-electron chi connectivity index (χ4n) is 2.38. The Morgan fingerprint density at radius 1 is 1.24 bits per heavy atom. The van der Waals surface area contributed by atoms with Crippen molar-refractivity contribution in [1.82, 2.24) is 10.3 Å². The molecule has 1 heterocycles. The van der Waals surface area contributed by atoms with Crippen LogP contribution in [0.5, 0.6) is 0 Å². The summed E-state index contributed by atoms with van der Waals surface area (Å²) in [5, 5.41) is 2.96. The number of amides is 1. The summed E-state index contributed by atoms with van der Waals surface area (Å²) in [6.45, 7) is 5.49. The topological polar surface area (TPSA) is 48.1 Å². The van der Waals surface area contributed by atoms with Gasteiger partial charge in [-0.2, -0.15) is 0 Å². The molecule has 0 unspecified atom stereocenters. The molecule has 4 heteroatoms. The molecule has 0 aliphatic heterocycles. The molecule has 21 heavy (non-hydrogen) atoms. The highest BCUT2D eigenvalue weighted by atomic mass is 16.1. The van der Waals surface area contributed by atoms with Gasteiger partial charge in [-0.05, 0) is 44.0 Å². The van der Waals surface area contributed by atoms with Crippen LogP contribution in [-0.2, 0) is 0 Å². The Hall–Kier alpha value is -2.23. The van der Waals surface area contributed by atoms with Crippen molar-refractivity contribution in [1.29, 1.82) is 0 Å². The Kier molecular flexibility index (Phi) is 5.04. The normalized spacial score (nSPS) is 10.4. The fraction of sp³-hybridized carbons (Fsp3) is 0.353. The highest BCUT2D eigenvalue weighted by molar-refractivity contribution is 5.93. The van der Waals surface area contributed by atoms with Crippen molar-refractivity contribution >= 4 is 11.6 Å². The molecule has 112 valence electrons. The molecule has 0 fully saturated rings. The number of aromatic nitrogens is 1. The summed E-state index contributed by atoms with van der Waals surface area (Å²) in [5.41, 5.74) is 3.87. The minimum Gasteiger partial charge on any atom is -0.375 e. The highest BCUT2D eigenvalue weighted by Gasteiger charge is 2.10. The highest BCUT2D eigenvalue weighted by Crippen LogP contribution is 2.11. The van der Waals surface area contributed by atoms with E-state index in [9.17, 15) is 4.79 Å². The number of nitrogens with one attached hydrogen (secondary N) is 2. The van der Waals surface area contributed by atoms with E-state index in [4.69, 9.17) is 0 Å². The van der Waals surface area contributed by atoms with Gasteiger partial charge in [0.1, 0.15) is 5.69 Å². The average Bonchev–Trinajstić information content (AvgIpc) is 2.83. The van der Waals surface area contributed by atoms with Crippen LogP contribution in [0.15, 0.2) is 36.4 Å². The van der Waals surface area contributed by atoms with Crippen LogP contribution in [0.25, 0.3) is 0 Å². The number of nitrogens with zero attached hydrogens (tertiary/aromatic N) is 1. The number of hydrogen-bond acceptors (Lipinski definition) is 2. The van der Waals surface area contributed by atoms with Crippen molar-refractivity contribution in [3.8, 4) is 0 Å². The van der Waals surface area contributed by atoms with Gasteiger partial charge in [-0.3, -0.25) is 4.79 Å². The smallest absolute Gasteiger partial charge is 0.267 e. The third kappa shape index (κ3) is 4.12. The summed E-state index contributed by atoms with van der Waals surface area (Å²) in [6.07, 6.45) is 0.913. The molecule has 0 atom stereocenters. The van der Waals surface area contributed by atoms with Crippen LogP contribution in [0.1, 0.15) is 28.2 Å². The summed E-state index contributed by atoms with van der Waals surface area (Å²) >= 11 is 0. The van der Waals surface area contributed by atoms with Gasteiger partial charge in [0.15, 0.2) is 0 Å². The second kappa shape index (κ2) is 6.97. The molecule has 0 saturated heterocycles. The van der Waals surface area contributed by atoms with Gasteiger partial charge >= 0.3 is 0 Å². The van der Waals surface area contributed by atoms with Crippen molar-refractivity contribution in [3.63, 3.8) is 0 Å². The molecule has 2 N–H and O–H groups in total. The predicted molar refractivity (Wildman–Crippen MR) is 86.9 cm³/mol. The standard InChI is InChI=1S/C17H23N3O/c1-13-12-14(2)19-16(13)17(21)18-10-7-11-20(3)15-8-5-4-6-9-15/h4-6,8-9,12,19H,7,10-11H2,1-3H3,(H,18,21). The van der Waals surface area contributed by atoms with Gasteiger partial charge in [0.25, 0.3) is 5.91 Å². The molecule has 0 aliphatic carbocycles. The lowest BCUT2D eigenvalue weighted by Crippen LogP contribution is -2.28. The molecule has 0 spiro atoms. The Morgan fingerprint density at radius 2 is 1.95 bits per heavy atom. The number of benzene rings is 1. The van der Waals surface area contributed by atoms with Crippen LogP contribution in [0.2, 0.25) is 0 Å². The lowest BCUT2D eigenvalue weighted by molar-refractivity contribution is 0.0948. The maximum Gasteiger partial charge on any atom is 0.267 e. The predicted octanol–water partition coefficient (Wildman–Crippen LogP) is 2.89. The van der Waals surface area contributed by atoms with Crippen LogP contribution < -0.4 is 10.2 Å². The number of para-hydroxylation sites is 1. The Balaban J connectivity index is 1.75. The van der Waals surface area contributed by atoms with E-state index < -0.39 is 0 Å². The molecule has 0 saturated carbocycles. The minimum atomic E-state index is -0.0250. The molecule has 4 nitrogen and oxygen atoms in total. The second-order valence-corrected chi connectivity index (χ2v) is 5.38. The number of aryl methyl sites for hydroxylation is 2. The van der Waals surface area contributed by atoms with Crippen molar-refractivity contribution < 1.29 is 4.79 Å². The van der Waals surface area contributed by atoms with E-state index >= 15 is 0 Å². The first-order chi connectivity index (χ1) is 10.1.